The largest absolute Gasteiger partial charge is 0.513 e. The lowest BCUT2D eigenvalue weighted by molar-refractivity contribution is 0.0999. The van der Waals surface area contributed by atoms with E-state index >= 15 is 0 Å². The molecule has 0 N–H and O–H groups in total. The van der Waals surface area contributed by atoms with Crippen LogP contribution < -0.4 is 9.47 Å². The van der Waals surface area contributed by atoms with Gasteiger partial charge in [-0.05, 0) is 38.2 Å². The first-order valence-electron chi connectivity index (χ1n) is 13.0. The molecule has 0 saturated heterocycles. The van der Waals surface area contributed by atoms with Crippen molar-refractivity contribution in [2.45, 2.75) is 59.3 Å². The van der Waals surface area contributed by atoms with Crippen molar-refractivity contribution < 1.29 is 28.5 Å². The number of rotatable bonds is 12. The Labute approximate surface area is 218 Å². The molecule has 196 valence electrons. The Hall–Kier alpha value is -3.80. The number of aryl methyl sites for hydroxylation is 1. The van der Waals surface area contributed by atoms with Crippen LogP contribution in [0.4, 0.5) is 9.59 Å². The Balaban J connectivity index is 1.86. The van der Waals surface area contributed by atoms with Gasteiger partial charge in [-0.25, -0.2) is 9.59 Å². The van der Waals surface area contributed by atoms with Gasteiger partial charge in [0, 0.05) is 21.5 Å². The van der Waals surface area contributed by atoms with Gasteiger partial charge in [-0.3, -0.25) is 0 Å². The van der Waals surface area contributed by atoms with Crippen LogP contribution in [-0.2, 0) is 9.47 Å². The molecule has 3 aromatic carbocycles. The summed E-state index contributed by atoms with van der Waals surface area (Å²) in [6, 6.07) is 12.9. The Kier molecular flexibility index (Phi) is 11.0. The van der Waals surface area contributed by atoms with Gasteiger partial charge in [-0.1, -0.05) is 93.5 Å². The maximum absolute atomic E-state index is 12.6. The van der Waals surface area contributed by atoms with Gasteiger partial charge in [0.1, 0.15) is 5.75 Å². The fourth-order valence-electron chi connectivity index (χ4n) is 3.98. The van der Waals surface area contributed by atoms with Crippen molar-refractivity contribution in [2.24, 2.45) is 0 Å². The third kappa shape index (κ3) is 7.84. The van der Waals surface area contributed by atoms with E-state index in [4.69, 9.17) is 18.9 Å². The van der Waals surface area contributed by atoms with Gasteiger partial charge in [0.2, 0.25) is 0 Å². The molecule has 3 aromatic rings. The second-order valence-electron chi connectivity index (χ2n) is 8.70. The average Bonchev–Trinajstić information content (AvgIpc) is 2.90. The number of benzene rings is 3. The number of unbranched alkanes of at least 4 members (excludes halogenated alkanes) is 2. The predicted octanol–water partition coefficient (Wildman–Crippen LogP) is 8.83. The van der Waals surface area contributed by atoms with Gasteiger partial charge in [-0.15, -0.1) is 0 Å². The van der Waals surface area contributed by atoms with E-state index in [1.165, 1.54) is 0 Å². The zero-order chi connectivity index (χ0) is 26.5. The molecule has 0 aliphatic rings. The molecule has 0 atom stereocenters. The van der Waals surface area contributed by atoms with E-state index in [1.807, 2.05) is 61.5 Å². The minimum absolute atomic E-state index is 0.231. The first kappa shape index (κ1) is 27.8. The number of carbonyl (C=O) groups excluding carboxylic acids is 2. The van der Waals surface area contributed by atoms with E-state index in [0.717, 1.165) is 31.2 Å². The molecule has 6 heteroatoms. The predicted molar refractivity (Wildman–Crippen MR) is 147 cm³/mol. The number of carbonyl (C=O) groups is 2. The number of fused-ring (bicyclic) bond motifs is 2. The van der Waals surface area contributed by atoms with E-state index in [-0.39, 0.29) is 13.2 Å². The normalized spacial score (nSPS) is 11.4. The highest BCUT2D eigenvalue weighted by Crippen LogP contribution is 2.44. The second kappa shape index (κ2) is 14.7. The van der Waals surface area contributed by atoms with E-state index in [9.17, 15) is 9.59 Å². The van der Waals surface area contributed by atoms with Crippen molar-refractivity contribution in [3.05, 3.63) is 72.3 Å². The summed E-state index contributed by atoms with van der Waals surface area (Å²) in [6.45, 7) is 6.60. The monoisotopic (exact) mass is 504 g/mol. The second-order valence-corrected chi connectivity index (χ2v) is 8.70. The Morgan fingerprint density at radius 1 is 0.649 bits per heavy atom. The van der Waals surface area contributed by atoms with Crippen LogP contribution in [0.2, 0.25) is 0 Å². The van der Waals surface area contributed by atoms with Crippen LogP contribution in [0.15, 0.2) is 66.8 Å². The van der Waals surface area contributed by atoms with Crippen molar-refractivity contribution in [3.63, 3.8) is 0 Å². The van der Waals surface area contributed by atoms with Crippen LogP contribution in [-0.4, -0.2) is 25.5 Å². The lowest BCUT2D eigenvalue weighted by Gasteiger charge is -2.17. The smallest absolute Gasteiger partial charge is 0.434 e. The molecule has 0 spiro atoms. The van der Waals surface area contributed by atoms with Crippen LogP contribution in [0.3, 0.4) is 0 Å². The first-order valence-corrected chi connectivity index (χ1v) is 13.0. The highest BCUT2D eigenvalue weighted by Gasteiger charge is 2.22. The molecule has 0 aliphatic carbocycles. The number of allylic oxidation sites excluding steroid dienone is 2. The highest BCUT2D eigenvalue weighted by atomic mass is 16.7. The standard InChI is InChI=1S/C31H36O6/c1-4-6-8-10-14-21-34-30(32)36-28-24-18-12-13-19-25(24)29(27-23(3)17-16-20-26(27)28)37-31(33)35-22-15-11-9-7-5-2/h8-13,16-20H,4-7,14-15,21-22H2,1-3H3/b10-8+,11-9+. The van der Waals surface area contributed by atoms with Gasteiger partial charge < -0.3 is 18.9 Å². The Morgan fingerprint density at radius 3 is 1.70 bits per heavy atom. The Bertz CT molecular complexity index is 1260. The summed E-state index contributed by atoms with van der Waals surface area (Å²) in [7, 11) is 0. The average molecular weight is 505 g/mol. The summed E-state index contributed by atoms with van der Waals surface area (Å²) in [5.41, 5.74) is 0.868. The molecular formula is C31H36O6. The number of ether oxygens (including phenoxy) is 4. The van der Waals surface area contributed by atoms with Gasteiger partial charge in [0.05, 0.1) is 13.2 Å². The first-order chi connectivity index (χ1) is 18.1. The third-order valence-electron chi connectivity index (χ3n) is 5.78. The molecule has 0 aliphatic heterocycles. The zero-order valence-corrected chi connectivity index (χ0v) is 22.0. The molecule has 0 bridgehead atoms. The summed E-state index contributed by atoms with van der Waals surface area (Å²) in [6.07, 6.45) is 12.0. The molecule has 0 radical (unpaired) electrons. The minimum Gasteiger partial charge on any atom is -0.434 e. The molecule has 37 heavy (non-hydrogen) atoms. The summed E-state index contributed by atoms with van der Waals surface area (Å²) in [5.74, 6) is 0.736. The fourth-order valence-corrected chi connectivity index (χ4v) is 3.98. The third-order valence-corrected chi connectivity index (χ3v) is 5.78. The molecule has 0 amide bonds. The molecule has 0 aromatic heterocycles. The van der Waals surface area contributed by atoms with Gasteiger partial charge in [0.25, 0.3) is 0 Å². The molecule has 0 saturated carbocycles. The lowest BCUT2D eigenvalue weighted by atomic mass is 9.97. The van der Waals surface area contributed by atoms with Crippen LogP contribution in [0.1, 0.15) is 57.9 Å². The van der Waals surface area contributed by atoms with Crippen LogP contribution >= 0.6 is 0 Å². The SMILES string of the molecule is CCC/C=C/CCOC(=O)Oc1c2ccccc2c(OC(=O)OCC/C=C/CCC)c2c(C)cccc12. The zero-order valence-electron chi connectivity index (χ0n) is 22.0. The van der Waals surface area contributed by atoms with Gasteiger partial charge in [0.15, 0.2) is 5.75 Å². The van der Waals surface area contributed by atoms with Crippen molar-refractivity contribution >= 4 is 33.9 Å². The van der Waals surface area contributed by atoms with E-state index in [0.29, 0.717) is 45.9 Å². The quantitative estimate of drug-likeness (QED) is 0.0807. The summed E-state index contributed by atoms with van der Waals surface area (Å²) in [5, 5.41) is 2.58. The van der Waals surface area contributed by atoms with Crippen LogP contribution in [0, 0.1) is 6.92 Å². The van der Waals surface area contributed by atoms with Gasteiger partial charge >= 0.3 is 12.3 Å². The van der Waals surface area contributed by atoms with Crippen molar-refractivity contribution in [2.75, 3.05) is 13.2 Å². The molecule has 6 nitrogen and oxygen atoms in total. The molecule has 0 fully saturated rings. The van der Waals surface area contributed by atoms with Crippen molar-refractivity contribution in [1.29, 1.82) is 0 Å². The summed E-state index contributed by atoms with van der Waals surface area (Å²) in [4.78, 5) is 25.2. The van der Waals surface area contributed by atoms with Crippen molar-refractivity contribution in [3.8, 4) is 11.5 Å². The highest BCUT2D eigenvalue weighted by molar-refractivity contribution is 6.13. The Morgan fingerprint density at radius 2 is 1.14 bits per heavy atom. The van der Waals surface area contributed by atoms with Crippen molar-refractivity contribution in [1.82, 2.24) is 0 Å². The summed E-state index contributed by atoms with van der Waals surface area (Å²) >= 11 is 0. The van der Waals surface area contributed by atoms with Crippen LogP contribution in [0.5, 0.6) is 11.5 Å². The number of hydrogen-bond donors (Lipinski definition) is 0. The van der Waals surface area contributed by atoms with E-state index in [2.05, 4.69) is 26.0 Å². The minimum atomic E-state index is -0.777. The van der Waals surface area contributed by atoms with E-state index in [1.54, 1.807) is 0 Å². The molecule has 0 heterocycles. The maximum Gasteiger partial charge on any atom is 0.513 e. The lowest BCUT2D eigenvalue weighted by Crippen LogP contribution is -2.14. The molecule has 0 unspecified atom stereocenters. The van der Waals surface area contributed by atoms with Crippen LogP contribution in [0.25, 0.3) is 21.5 Å². The maximum atomic E-state index is 12.6. The van der Waals surface area contributed by atoms with E-state index < -0.39 is 12.3 Å². The molecule has 3 rings (SSSR count). The summed E-state index contributed by atoms with van der Waals surface area (Å²) < 4.78 is 22.1. The molecular weight excluding hydrogens is 468 g/mol. The number of hydrogen-bond acceptors (Lipinski definition) is 6. The fraction of sp³-hybridized carbons (Fsp3) is 0.355. The van der Waals surface area contributed by atoms with Gasteiger partial charge in [-0.2, -0.15) is 0 Å². The topological polar surface area (TPSA) is 71.1 Å².